The zero-order valence-electron chi connectivity index (χ0n) is 14.4. The molecule has 2 heterocycles. The summed E-state index contributed by atoms with van der Waals surface area (Å²) in [4.78, 5) is 17.3. The number of fused-ring (bicyclic) bond motifs is 1. The van der Waals surface area contributed by atoms with Crippen LogP contribution in [0.15, 0.2) is 30.7 Å². The first kappa shape index (κ1) is 17.8. The maximum absolute atomic E-state index is 13.4. The quantitative estimate of drug-likeness (QED) is 0.627. The van der Waals surface area contributed by atoms with Gasteiger partial charge in [0.1, 0.15) is 23.2 Å². The Morgan fingerprint density at radius 1 is 1.11 bits per heavy atom. The molecule has 9 heteroatoms. The van der Waals surface area contributed by atoms with E-state index in [2.05, 4.69) is 30.6 Å². The first-order valence-corrected chi connectivity index (χ1v) is 9.11. The molecule has 1 saturated carbocycles. The van der Waals surface area contributed by atoms with Crippen LogP contribution < -0.4 is 10.6 Å². The summed E-state index contributed by atoms with van der Waals surface area (Å²) in [5.41, 5.74) is 1.73. The highest BCUT2D eigenvalue weighted by Gasteiger charge is 2.20. The normalized spacial score (nSPS) is 19.8. The van der Waals surface area contributed by atoms with E-state index in [0.717, 1.165) is 25.7 Å². The smallest absolute Gasteiger partial charge is 0.223 e. The summed E-state index contributed by atoms with van der Waals surface area (Å²) in [7, 11) is 0. The van der Waals surface area contributed by atoms with Gasteiger partial charge in [0.15, 0.2) is 5.82 Å². The summed E-state index contributed by atoms with van der Waals surface area (Å²) in [6.45, 7) is 0. The van der Waals surface area contributed by atoms with Gasteiger partial charge in [0.2, 0.25) is 5.95 Å². The third-order valence-corrected chi connectivity index (χ3v) is 4.88. The maximum atomic E-state index is 13.4. The number of anilines is 3. The third-order valence-electron chi connectivity index (χ3n) is 4.59. The monoisotopic (exact) mass is 388 g/mol. The lowest BCUT2D eigenvalue weighted by Gasteiger charge is -2.26. The molecule has 27 heavy (non-hydrogen) atoms. The lowest BCUT2D eigenvalue weighted by Crippen LogP contribution is -2.28. The van der Waals surface area contributed by atoms with E-state index in [9.17, 15) is 9.50 Å². The Morgan fingerprint density at radius 3 is 2.70 bits per heavy atom. The topological polar surface area (TPSA) is 95.9 Å². The fourth-order valence-electron chi connectivity index (χ4n) is 3.13. The molecule has 140 valence electrons. The number of benzene rings is 1. The highest BCUT2D eigenvalue weighted by atomic mass is 35.5. The van der Waals surface area contributed by atoms with Crippen molar-refractivity contribution in [3.05, 3.63) is 41.6 Å². The van der Waals surface area contributed by atoms with Gasteiger partial charge in [-0.25, -0.2) is 24.3 Å². The molecule has 0 aliphatic heterocycles. The van der Waals surface area contributed by atoms with Crippen molar-refractivity contribution >= 4 is 40.1 Å². The van der Waals surface area contributed by atoms with E-state index < -0.39 is 5.82 Å². The summed E-state index contributed by atoms with van der Waals surface area (Å²) in [6, 6.07) is 4.57. The van der Waals surface area contributed by atoms with Crippen LogP contribution in [-0.4, -0.2) is 37.2 Å². The number of aliphatic hydroxyl groups excluding tert-OH is 1. The molecule has 0 bridgehead atoms. The number of aliphatic hydroxyl groups is 1. The van der Waals surface area contributed by atoms with Crippen molar-refractivity contribution in [2.75, 3.05) is 10.6 Å². The van der Waals surface area contributed by atoms with E-state index in [-0.39, 0.29) is 17.2 Å². The summed E-state index contributed by atoms with van der Waals surface area (Å²) in [5.74, 6) is 0.479. The SMILES string of the molecule is O[C@H]1CC[C@@H](Nc2ncc3ncnc(Nc4ccc(F)c(Cl)c4)c3n2)CC1. The minimum Gasteiger partial charge on any atom is -0.393 e. The average molecular weight is 389 g/mol. The molecule has 3 aromatic rings. The molecule has 0 unspecified atom stereocenters. The molecule has 0 atom stereocenters. The molecular weight excluding hydrogens is 371 g/mol. The number of halogens is 2. The minimum absolute atomic E-state index is 0.0230. The van der Waals surface area contributed by atoms with Gasteiger partial charge in [0.05, 0.1) is 17.3 Å². The Morgan fingerprint density at radius 2 is 1.93 bits per heavy atom. The van der Waals surface area contributed by atoms with Crippen molar-refractivity contribution in [2.45, 2.75) is 37.8 Å². The highest BCUT2D eigenvalue weighted by molar-refractivity contribution is 6.31. The second kappa shape index (κ2) is 7.58. The number of nitrogens with one attached hydrogen (secondary N) is 2. The Bertz CT molecular complexity index is 964. The largest absolute Gasteiger partial charge is 0.393 e. The minimum atomic E-state index is -0.485. The first-order chi connectivity index (χ1) is 13.1. The molecule has 1 aliphatic carbocycles. The van der Waals surface area contributed by atoms with Crippen LogP contribution in [0.3, 0.4) is 0 Å². The van der Waals surface area contributed by atoms with Crippen molar-refractivity contribution < 1.29 is 9.50 Å². The van der Waals surface area contributed by atoms with Gasteiger partial charge in [0.25, 0.3) is 0 Å². The molecule has 3 N–H and O–H groups in total. The molecule has 1 aliphatic rings. The Labute approximate surface area is 160 Å². The molecule has 4 rings (SSSR count). The van der Waals surface area contributed by atoms with E-state index in [1.165, 1.54) is 18.5 Å². The summed E-state index contributed by atoms with van der Waals surface area (Å²) in [5, 5.41) is 16.1. The van der Waals surface area contributed by atoms with E-state index >= 15 is 0 Å². The van der Waals surface area contributed by atoms with Crippen molar-refractivity contribution in [3.8, 4) is 0 Å². The summed E-state index contributed by atoms with van der Waals surface area (Å²) >= 11 is 5.84. The predicted octanol–water partition coefficient (Wildman–Crippen LogP) is 3.67. The first-order valence-electron chi connectivity index (χ1n) is 8.73. The lowest BCUT2D eigenvalue weighted by molar-refractivity contribution is 0.126. The molecular formula is C18H18ClFN6O. The van der Waals surface area contributed by atoms with E-state index in [4.69, 9.17) is 11.6 Å². The van der Waals surface area contributed by atoms with Crippen LogP contribution in [0, 0.1) is 5.82 Å². The lowest BCUT2D eigenvalue weighted by atomic mass is 9.93. The molecule has 0 amide bonds. The molecule has 0 spiro atoms. The third kappa shape index (κ3) is 4.06. The Hall–Kier alpha value is -2.58. The Kier molecular flexibility index (Phi) is 5.00. The number of hydrogen-bond donors (Lipinski definition) is 3. The molecule has 1 fully saturated rings. The van der Waals surface area contributed by atoms with E-state index in [1.54, 1.807) is 12.3 Å². The van der Waals surface area contributed by atoms with Gasteiger partial charge in [-0.05, 0) is 43.9 Å². The van der Waals surface area contributed by atoms with Gasteiger partial charge in [-0.2, -0.15) is 0 Å². The van der Waals surface area contributed by atoms with Crippen molar-refractivity contribution in [2.24, 2.45) is 0 Å². The van der Waals surface area contributed by atoms with Crippen molar-refractivity contribution in [1.29, 1.82) is 0 Å². The van der Waals surface area contributed by atoms with Gasteiger partial charge in [0, 0.05) is 11.7 Å². The molecule has 1 aromatic carbocycles. The van der Waals surface area contributed by atoms with Gasteiger partial charge >= 0.3 is 0 Å². The van der Waals surface area contributed by atoms with Crippen molar-refractivity contribution in [3.63, 3.8) is 0 Å². The fraction of sp³-hybridized carbons (Fsp3) is 0.333. The van der Waals surface area contributed by atoms with Gasteiger partial charge < -0.3 is 15.7 Å². The maximum Gasteiger partial charge on any atom is 0.223 e. The second-order valence-corrected chi connectivity index (χ2v) is 6.96. The highest BCUT2D eigenvalue weighted by Crippen LogP contribution is 2.26. The molecule has 0 saturated heterocycles. The fourth-order valence-corrected chi connectivity index (χ4v) is 3.31. The van der Waals surface area contributed by atoms with Gasteiger partial charge in [-0.3, -0.25) is 0 Å². The standard InChI is InChI=1S/C18H18ClFN6O/c19-13-7-11(3-6-14(13)20)24-17-16-15(22-9-23-17)8-21-18(26-16)25-10-1-4-12(27)5-2-10/h3,6-10,12,27H,1-2,4-5H2,(H,21,25,26)(H,22,23,24)/t10-,12+. The zero-order valence-corrected chi connectivity index (χ0v) is 15.1. The van der Waals surface area contributed by atoms with E-state index in [1.807, 2.05) is 0 Å². The number of rotatable bonds is 4. The molecule has 0 radical (unpaired) electrons. The van der Waals surface area contributed by atoms with Crippen LogP contribution in [0.4, 0.5) is 21.8 Å². The predicted molar refractivity (Wildman–Crippen MR) is 102 cm³/mol. The summed E-state index contributed by atoms with van der Waals surface area (Å²) in [6.07, 6.45) is 6.10. The van der Waals surface area contributed by atoms with Crippen LogP contribution in [-0.2, 0) is 0 Å². The van der Waals surface area contributed by atoms with Crippen LogP contribution in [0.5, 0.6) is 0 Å². The second-order valence-electron chi connectivity index (χ2n) is 6.55. The van der Waals surface area contributed by atoms with Gasteiger partial charge in [-0.15, -0.1) is 0 Å². The summed E-state index contributed by atoms with van der Waals surface area (Å²) < 4.78 is 13.4. The molecule has 7 nitrogen and oxygen atoms in total. The van der Waals surface area contributed by atoms with Gasteiger partial charge in [-0.1, -0.05) is 11.6 Å². The number of hydrogen-bond acceptors (Lipinski definition) is 7. The van der Waals surface area contributed by atoms with Crippen LogP contribution in [0.25, 0.3) is 11.0 Å². The zero-order chi connectivity index (χ0) is 18.8. The Balaban J connectivity index is 1.60. The van der Waals surface area contributed by atoms with Crippen LogP contribution in [0.1, 0.15) is 25.7 Å². The van der Waals surface area contributed by atoms with E-state index in [0.29, 0.717) is 28.5 Å². The van der Waals surface area contributed by atoms with Crippen LogP contribution in [0.2, 0.25) is 5.02 Å². The number of nitrogens with zero attached hydrogens (tertiary/aromatic N) is 4. The molecule has 2 aromatic heterocycles. The average Bonchev–Trinajstić information content (AvgIpc) is 2.67. The van der Waals surface area contributed by atoms with Crippen molar-refractivity contribution in [1.82, 2.24) is 19.9 Å². The number of aromatic nitrogens is 4. The van der Waals surface area contributed by atoms with Crippen LogP contribution >= 0.6 is 11.6 Å².